The van der Waals surface area contributed by atoms with E-state index in [0.29, 0.717) is 24.4 Å². The van der Waals surface area contributed by atoms with E-state index >= 15 is 0 Å². The molecule has 2 aromatic carbocycles. The van der Waals surface area contributed by atoms with Crippen molar-refractivity contribution in [2.75, 3.05) is 13.7 Å². The summed E-state index contributed by atoms with van der Waals surface area (Å²) in [6.07, 6.45) is 0. The van der Waals surface area contributed by atoms with Gasteiger partial charge in [-0.3, -0.25) is 9.59 Å². The Morgan fingerprint density at radius 3 is 2.25 bits per heavy atom. The summed E-state index contributed by atoms with van der Waals surface area (Å²) in [5.74, 6) is -0.0387. The van der Waals surface area contributed by atoms with E-state index in [0.717, 1.165) is 10.4 Å². The van der Waals surface area contributed by atoms with Gasteiger partial charge in [0.1, 0.15) is 18.1 Å². The van der Waals surface area contributed by atoms with Gasteiger partial charge in [0.25, 0.3) is 5.91 Å². The summed E-state index contributed by atoms with van der Waals surface area (Å²) in [4.78, 5) is 30.8. The minimum absolute atomic E-state index is 0.0465. The first-order valence-corrected chi connectivity index (χ1v) is 11.2. The molecule has 1 aromatic heterocycles. The van der Waals surface area contributed by atoms with Crippen LogP contribution in [0.15, 0.2) is 66.0 Å². The van der Waals surface area contributed by atoms with E-state index in [1.165, 1.54) is 12.1 Å². The lowest BCUT2D eigenvalue weighted by atomic mass is 10.1. The molecule has 0 N–H and O–H groups in total. The number of methoxy groups -OCH3 is 1. The Labute approximate surface area is 192 Å². The number of halogens is 1. The maximum Gasteiger partial charge on any atom is 0.254 e. The number of hydrogen-bond donors (Lipinski definition) is 0. The zero-order valence-corrected chi connectivity index (χ0v) is 19.3. The molecule has 168 valence electrons. The Morgan fingerprint density at radius 1 is 1.00 bits per heavy atom. The van der Waals surface area contributed by atoms with Crippen LogP contribution in [0.25, 0.3) is 0 Å². The maximum atomic E-state index is 13.3. The van der Waals surface area contributed by atoms with E-state index in [1.807, 2.05) is 31.4 Å². The Morgan fingerprint density at radius 2 is 1.69 bits per heavy atom. The second-order valence-electron chi connectivity index (χ2n) is 7.71. The van der Waals surface area contributed by atoms with Crippen LogP contribution in [-0.2, 0) is 17.9 Å². The molecule has 0 aliphatic carbocycles. The first-order chi connectivity index (χ1) is 15.4. The van der Waals surface area contributed by atoms with Gasteiger partial charge in [-0.25, -0.2) is 4.39 Å². The minimum atomic E-state index is -0.319. The molecule has 32 heavy (non-hydrogen) atoms. The number of benzene rings is 2. The fourth-order valence-electron chi connectivity index (χ4n) is 3.27. The highest BCUT2D eigenvalue weighted by Crippen LogP contribution is 2.18. The van der Waals surface area contributed by atoms with Gasteiger partial charge in [0, 0.05) is 23.0 Å². The molecular formula is C25H27FN2O3S. The van der Waals surface area contributed by atoms with Gasteiger partial charge in [0.05, 0.1) is 13.7 Å². The number of hydrogen-bond acceptors (Lipinski definition) is 4. The average Bonchev–Trinajstić information content (AvgIpc) is 3.31. The summed E-state index contributed by atoms with van der Waals surface area (Å²) in [6.45, 7) is 4.49. The third-order valence-corrected chi connectivity index (χ3v) is 5.95. The highest BCUT2D eigenvalue weighted by Gasteiger charge is 2.25. The van der Waals surface area contributed by atoms with Crippen LogP contribution in [0.2, 0.25) is 0 Å². The van der Waals surface area contributed by atoms with Gasteiger partial charge in [-0.2, -0.15) is 0 Å². The van der Waals surface area contributed by atoms with Crippen LogP contribution in [0, 0.1) is 5.82 Å². The van der Waals surface area contributed by atoms with E-state index in [1.54, 1.807) is 64.6 Å². The van der Waals surface area contributed by atoms with Gasteiger partial charge in [0.15, 0.2) is 0 Å². The number of rotatable bonds is 9. The molecule has 0 bridgehead atoms. The van der Waals surface area contributed by atoms with Gasteiger partial charge in [-0.05, 0) is 67.3 Å². The molecule has 1 heterocycles. The SMILES string of the molecule is COc1ccc(C(=O)N(CC(=O)N(Cc2ccc(F)cc2)Cc2cccs2)C(C)C)cc1. The highest BCUT2D eigenvalue weighted by atomic mass is 32.1. The van der Waals surface area contributed by atoms with Crippen molar-refractivity contribution in [2.24, 2.45) is 0 Å². The van der Waals surface area contributed by atoms with Crippen LogP contribution in [0.5, 0.6) is 5.75 Å². The van der Waals surface area contributed by atoms with Crippen molar-refractivity contribution in [3.63, 3.8) is 0 Å². The zero-order valence-electron chi connectivity index (χ0n) is 18.5. The molecule has 2 amide bonds. The number of ether oxygens (including phenoxy) is 1. The van der Waals surface area contributed by atoms with Crippen LogP contribution in [0.3, 0.4) is 0 Å². The maximum absolute atomic E-state index is 13.3. The number of amides is 2. The third kappa shape index (κ3) is 6.17. The number of thiophene rings is 1. The van der Waals surface area contributed by atoms with E-state index in [2.05, 4.69) is 0 Å². The van der Waals surface area contributed by atoms with Crippen LogP contribution in [0.4, 0.5) is 4.39 Å². The summed E-state index contributed by atoms with van der Waals surface area (Å²) in [7, 11) is 1.57. The van der Waals surface area contributed by atoms with Crippen molar-refractivity contribution in [3.8, 4) is 5.75 Å². The zero-order chi connectivity index (χ0) is 23.1. The van der Waals surface area contributed by atoms with E-state index in [9.17, 15) is 14.0 Å². The van der Waals surface area contributed by atoms with Crippen molar-refractivity contribution < 1.29 is 18.7 Å². The lowest BCUT2D eigenvalue weighted by Crippen LogP contribution is -2.45. The molecule has 5 nitrogen and oxygen atoms in total. The van der Waals surface area contributed by atoms with Crippen molar-refractivity contribution >= 4 is 23.2 Å². The Kier molecular flexibility index (Phi) is 8.00. The summed E-state index contributed by atoms with van der Waals surface area (Å²) < 4.78 is 18.5. The molecule has 0 aliphatic rings. The second kappa shape index (κ2) is 10.9. The van der Waals surface area contributed by atoms with Gasteiger partial charge < -0.3 is 14.5 Å². The standard InChI is InChI=1S/C25H27FN2O3S/c1-18(2)28(25(30)20-8-12-22(31-3)13-9-20)17-24(29)27(16-23-5-4-14-32-23)15-19-6-10-21(26)11-7-19/h4-14,18H,15-17H2,1-3H3. The quantitative estimate of drug-likeness (QED) is 0.458. The first kappa shape index (κ1) is 23.5. The molecule has 0 unspecified atom stereocenters. The van der Waals surface area contributed by atoms with Crippen LogP contribution in [0.1, 0.15) is 34.6 Å². The molecule has 3 aromatic rings. The smallest absolute Gasteiger partial charge is 0.254 e. The summed E-state index contributed by atoms with van der Waals surface area (Å²) >= 11 is 1.57. The molecule has 0 spiro atoms. The highest BCUT2D eigenvalue weighted by molar-refractivity contribution is 7.09. The van der Waals surface area contributed by atoms with Gasteiger partial charge in [0.2, 0.25) is 5.91 Å². The van der Waals surface area contributed by atoms with E-state index < -0.39 is 0 Å². The predicted octanol–water partition coefficient (Wildman–Crippen LogP) is 4.98. The van der Waals surface area contributed by atoms with Crippen LogP contribution < -0.4 is 4.74 Å². The Balaban J connectivity index is 1.79. The molecule has 0 radical (unpaired) electrons. The van der Waals surface area contributed by atoms with Crippen molar-refractivity contribution in [1.82, 2.24) is 9.80 Å². The average molecular weight is 455 g/mol. The van der Waals surface area contributed by atoms with Crippen LogP contribution in [-0.4, -0.2) is 41.3 Å². The fourth-order valence-corrected chi connectivity index (χ4v) is 3.99. The lowest BCUT2D eigenvalue weighted by molar-refractivity contribution is -0.133. The second-order valence-corrected chi connectivity index (χ2v) is 8.74. The Hall–Kier alpha value is -3.19. The van der Waals surface area contributed by atoms with Gasteiger partial charge >= 0.3 is 0 Å². The topological polar surface area (TPSA) is 49.9 Å². The summed E-state index contributed by atoms with van der Waals surface area (Å²) in [5.41, 5.74) is 1.32. The molecule has 0 saturated carbocycles. The normalized spacial score (nSPS) is 10.8. The molecule has 0 fully saturated rings. The summed E-state index contributed by atoms with van der Waals surface area (Å²) in [6, 6.07) is 16.7. The fraction of sp³-hybridized carbons (Fsp3) is 0.280. The van der Waals surface area contributed by atoms with E-state index in [4.69, 9.17) is 4.74 Å². The summed E-state index contributed by atoms with van der Waals surface area (Å²) in [5, 5.41) is 1.96. The molecular weight excluding hydrogens is 427 g/mol. The van der Waals surface area contributed by atoms with E-state index in [-0.39, 0.29) is 30.2 Å². The largest absolute Gasteiger partial charge is 0.497 e. The molecule has 7 heteroatoms. The number of nitrogens with zero attached hydrogens (tertiary/aromatic N) is 2. The monoisotopic (exact) mass is 454 g/mol. The van der Waals surface area contributed by atoms with Crippen molar-refractivity contribution in [1.29, 1.82) is 0 Å². The number of carbonyl (C=O) groups is 2. The first-order valence-electron chi connectivity index (χ1n) is 10.4. The molecule has 0 atom stereocenters. The number of carbonyl (C=O) groups excluding carboxylic acids is 2. The molecule has 0 saturated heterocycles. The third-order valence-electron chi connectivity index (χ3n) is 5.09. The lowest BCUT2D eigenvalue weighted by Gasteiger charge is -2.30. The molecule has 0 aliphatic heterocycles. The van der Waals surface area contributed by atoms with Gasteiger partial charge in [-0.1, -0.05) is 18.2 Å². The molecule has 3 rings (SSSR count). The van der Waals surface area contributed by atoms with Crippen molar-refractivity contribution in [2.45, 2.75) is 33.0 Å². The predicted molar refractivity (Wildman–Crippen MR) is 124 cm³/mol. The Bertz CT molecular complexity index is 1020. The van der Waals surface area contributed by atoms with Crippen LogP contribution >= 0.6 is 11.3 Å². The van der Waals surface area contributed by atoms with Crippen molar-refractivity contribution in [3.05, 3.63) is 87.9 Å². The van der Waals surface area contributed by atoms with Gasteiger partial charge in [-0.15, -0.1) is 11.3 Å². The minimum Gasteiger partial charge on any atom is -0.497 e.